The third-order valence-corrected chi connectivity index (χ3v) is 12.4. The van der Waals surface area contributed by atoms with Crippen LogP contribution in [0, 0.1) is 35.4 Å². The van der Waals surface area contributed by atoms with Gasteiger partial charge in [-0.1, -0.05) is 6.92 Å². The van der Waals surface area contributed by atoms with E-state index in [1.54, 1.807) is 6.20 Å². The van der Waals surface area contributed by atoms with Crippen LogP contribution in [0.3, 0.4) is 0 Å². The molecule has 2 aliphatic carbocycles. The summed E-state index contributed by atoms with van der Waals surface area (Å²) >= 11 is 0. The molecule has 45 heavy (non-hydrogen) atoms. The minimum absolute atomic E-state index is 0.0177. The van der Waals surface area contributed by atoms with Gasteiger partial charge in [0.2, 0.25) is 0 Å². The van der Waals surface area contributed by atoms with E-state index in [0.29, 0.717) is 86.4 Å². The molecule has 10 rings (SSSR count). The molecule has 10 nitrogen and oxygen atoms in total. The monoisotopic (exact) mass is 625 g/mol. The number of ether oxygens (including phenoxy) is 3. The lowest BCUT2D eigenvalue weighted by Crippen LogP contribution is -2.45. The van der Waals surface area contributed by atoms with Gasteiger partial charge in [-0.2, -0.15) is 9.97 Å². The van der Waals surface area contributed by atoms with E-state index in [1.165, 1.54) is 6.42 Å². The van der Waals surface area contributed by atoms with Crippen LogP contribution in [0.2, 0.25) is 0 Å². The Labute approximate surface area is 262 Å². The van der Waals surface area contributed by atoms with E-state index < -0.39 is 6.17 Å². The van der Waals surface area contributed by atoms with Gasteiger partial charge in [-0.25, -0.2) is 8.78 Å². The molecule has 2 aromatic rings. The van der Waals surface area contributed by atoms with Crippen LogP contribution < -0.4 is 20.5 Å². The number of anilines is 1. The second-order valence-corrected chi connectivity index (χ2v) is 15.0. The van der Waals surface area contributed by atoms with E-state index in [0.717, 1.165) is 45.4 Å². The zero-order valence-corrected chi connectivity index (χ0v) is 26.1. The minimum Gasteiger partial charge on any atom is -0.461 e. The van der Waals surface area contributed by atoms with Crippen LogP contribution in [0.15, 0.2) is 6.20 Å². The van der Waals surface area contributed by atoms with Crippen molar-refractivity contribution < 1.29 is 23.0 Å². The molecule has 6 aliphatic heterocycles. The van der Waals surface area contributed by atoms with Crippen LogP contribution in [0.25, 0.3) is 10.9 Å². The third kappa shape index (κ3) is 4.92. The fourth-order valence-corrected chi connectivity index (χ4v) is 10.2. The average molecular weight is 626 g/mol. The van der Waals surface area contributed by atoms with Gasteiger partial charge in [0.05, 0.1) is 35.9 Å². The molecule has 10 atom stereocenters. The molecule has 2 N–H and O–H groups in total. The zero-order chi connectivity index (χ0) is 30.3. The Hall–Kier alpha value is -2.25. The Bertz CT molecular complexity index is 1450. The summed E-state index contributed by atoms with van der Waals surface area (Å²) in [4.78, 5) is 19.0. The van der Waals surface area contributed by atoms with Crippen molar-refractivity contribution in [3.05, 3.63) is 17.7 Å². The number of alkyl halides is 1. The number of pyridine rings is 1. The Morgan fingerprint density at radius 2 is 2.09 bits per heavy atom. The van der Waals surface area contributed by atoms with Crippen molar-refractivity contribution >= 4 is 16.7 Å². The largest absolute Gasteiger partial charge is 0.461 e. The highest BCUT2D eigenvalue weighted by Crippen LogP contribution is 2.59. The maximum absolute atomic E-state index is 17.2. The van der Waals surface area contributed by atoms with Crippen molar-refractivity contribution in [3.63, 3.8) is 0 Å². The van der Waals surface area contributed by atoms with Crippen molar-refractivity contribution in [2.75, 3.05) is 64.1 Å². The number of hydrogen-bond donors (Lipinski definition) is 2. The van der Waals surface area contributed by atoms with Gasteiger partial charge >= 0.3 is 6.01 Å². The Balaban J connectivity index is 1.15. The molecule has 8 heterocycles. The molecule has 6 fully saturated rings. The van der Waals surface area contributed by atoms with Gasteiger partial charge in [0, 0.05) is 57.4 Å². The van der Waals surface area contributed by atoms with E-state index in [2.05, 4.69) is 27.6 Å². The molecule has 0 amide bonds. The smallest absolute Gasteiger partial charge is 0.319 e. The number of halogens is 2. The standard InChI is InChI=1S/C33H45F2N7O3/c1-18-9-25-23(13-37-40-25)27-26(18)22-10-19(22)3-7-43-16-21-15-41(6-8-44-21)31-24-12-36-30(27)28(35)29(24)38-32(39-31)45-17-33-4-2-5-42(33)14-20(34)11-33/h12,18-23,25-27,37,40H,2-11,13-17H2,1H3/t18?,19-,20+,21+,22+,23?,25?,26?,27?,33-/m0/s1. The van der Waals surface area contributed by atoms with Gasteiger partial charge in [-0.05, 0) is 68.2 Å². The molecule has 244 valence electrons. The van der Waals surface area contributed by atoms with Crippen molar-refractivity contribution in [3.8, 4) is 6.01 Å². The van der Waals surface area contributed by atoms with Crippen LogP contribution in [0.1, 0.15) is 57.1 Å². The highest BCUT2D eigenvalue weighted by Gasteiger charge is 2.55. The highest BCUT2D eigenvalue weighted by atomic mass is 19.1. The lowest BCUT2D eigenvalue weighted by molar-refractivity contribution is -0.0252. The molecule has 0 radical (unpaired) electrons. The Morgan fingerprint density at radius 3 is 3.02 bits per heavy atom. The summed E-state index contributed by atoms with van der Waals surface area (Å²) in [5, 5.41) is 0.589. The van der Waals surface area contributed by atoms with Crippen molar-refractivity contribution in [2.45, 2.75) is 75.2 Å². The predicted octanol–water partition coefficient (Wildman–Crippen LogP) is 3.21. The SMILES string of the molecule is CC1CC2NNCC2C2c3ncc4c(nc(OC[C@@]56CCCN5C[C@H](F)C6)nc4c3F)N3CCO[C@@H](COCC[C@H]4C[C@H]4C12)C3. The van der Waals surface area contributed by atoms with Gasteiger partial charge in [0.15, 0.2) is 5.82 Å². The lowest BCUT2D eigenvalue weighted by Gasteiger charge is -2.44. The first kappa shape index (κ1) is 28.9. The number of morpholine rings is 1. The van der Waals surface area contributed by atoms with Crippen LogP contribution >= 0.6 is 0 Å². The van der Waals surface area contributed by atoms with Gasteiger partial charge in [0.1, 0.15) is 24.1 Å². The Kier molecular flexibility index (Phi) is 7.19. The zero-order valence-electron chi connectivity index (χ0n) is 26.1. The second-order valence-electron chi connectivity index (χ2n) is 15.0. The summed E-state index contributed by atoms with van der Waals surface area (Å²) in [6.07, 6.45) is 6.46. The lowest BCUT2D eigenvalue weighted by atomic mass is 9.62. The summed E-state index contributed by atoms with van der Waals surface area (Å²) in [7, 11) is 0. The number of nitrogens with zero attached hydrogens (tertiary/aromatic N) is 5. The summed E-state index contributed by atoms with van der Waals surface area (Å²) in [5.74, 6) is 2.42. The number of hydrogen-bond acceptors (Lipinski definition) is 10. The first-order chi connectivity index (χ1) is 22.0. The Morgan fingerprint density at radius 1 is 1.16 bits per heavy atom. The van der Waals surface area contributed by atoms with Gasteiger partial charge in [0.25, 0.3) is 0 Å². The van der Waals surface area contributed by atoms with Crippen LogP contribution in [-0.2, 0) is 9.47 Å². The summed E-state index contributed by atoms with van der Waals surface area (Å²) < 4.78 is 50.3. The average Bonchev–Trinajstić information content (AvgIpc) is 3.28. The normalized spacial score (nSPS) is 41.2. The highest BCUT2D eigenvalue weighted by molar-refractivity contribution is 5.90. The molecular weight excluding hydrogens is 580 g/mol. The van der Waals surface area contributed by atoms with E-state index >= 15 is 4.39 Å². The minimum atomic E-state index is -0.854. The predicted molar refractivity (Wildman–Crippen MR) is 163 cm³/mol. The second kappa shape index (κ2) is 11.2. The van der Waals surface area contributed by atoms with Crippen LogP contribution in [-0.4, -0.2) is 103 Å². The van der Waals surface area contributed by atoms with Crippen molar-refractivity contribution in [2.24, 2.45) is 29.6 Å². The number of rotatable bonds is 3. The van der Waals surface area contributed by atoms with E-state index in [9.17, 15) is 4.39 Å². The molecule has 12 heteroatoms. The number of hydrazine groups is 1. The van der Waals surface area contributed by atoms with Crippen molar-refractivity contribution in [1.29, 1.82) is 0 Å². The molecule has 2 aromatic heterocycles. The molecule has 0 aromatic carbocycles. The summed E-state index contributed by atoms with van der Waals surface area (Å²) in [6, 6.07) is 0.434. The molecule has 4 saturated heterocycles. The molecule has 0 spiro atoms. The quantitative estimate of drug-likeness (QED) is 0.530. The molecule has 6 bridgehead atoms. The first-order valence-corrected chi connectivity index (χ1v) is 17.3. The topological polar surface area (TPSA) is 96.9 Å². The molecule has 5 unspecified atom stereocenters. The van der Waals surface area contributed by atoms with E-state index in [4.69, 9.17) is 29.2 Å². The maximum atomic E-state index is 17.2. The maximum Gasteiger partial charge on any atom is 0.319 e. The number of nitrogens with one attached hydrogen (secondary N) is 2. The van der Waals surface area contributed by atoms with Crippen LogP contribution in [0.5, 0.6) is 6.01 Å². The fourth-order valence-electron chi connectivity index (χ4n) is 10.2. The van der Waals surface area contributed by atoms with Crippen molar-refractivity contribution in [1.82, 2.24) is 30.7 Å². The van der Waals surface area contributed by atoms with E-state index in [1.807, 2.05) is 0 Å². The van der Waals surface area contributed by atoms with Crippen LogP contribution in [0.4, 0.5) is 14.6 Å². The van der Waals surface area contributed by atoms with Gasteiger partial charge < -0.3 is 19.1 Å². The molecular formula is C33H45F2N7O3. The number of fused-ring (bicyclic) bond motifs is 6. The number of aromatic nitrogens is 3. The fraction of sp³-hybridized carbons (Fsp3) is 0.788. The molecule has 2 saturated carbocycles. The summed E-state index contributed by atoms with van der Waals surface area (Å²) in [5.41, 5.74) is 7.31. The first-order valence-electron chi connectivity index (χ1n) is 17.3. The van der Waals surface area contributed by atoms with E-state index in [-0.39, 0.29) is 46.9 Å². The third-order valence-electron chi connectivity index (χ3n) is 12.4. The van der Waals surface area contributed by atoms with Gasteiger partial charge in [-0.3, -0.25) is 20.7 Å². The molecule has 8 aliphatic rings. The summed E-state index contributed by atoms with van der Waals surface area (Å²) in [6.45, 7) is 7.70. The van der Waals surface area contributed by atoms with Gasteiger partial charge in [-0.15, -0.1) is 0 Å².